The van der Waals surface area contributed by atoms with E-state index in [-0.39, 0.29) is 6.04 Å². The number of aromatic nitrogens is 1. The molecule has 1 heterocycles. The van der Waals surface area contributed by atoms with Crippen molar-refractivity contribution < 1.29 is 4.74 Å². The minimum absolute atomic E-state index is 0.0835. The van der Waals surface area contributed by atoms with E-state index < -0.39 is 0 Å². The fraction of sp³-hybridized carbons (Fsp3) is 0.643. The van der Waals surface area contributed by atoms with Crippen molar-refractivity contribution in [3.8, 4) is 5.75 Å². The van der Waals surface area contributed by atoms with Crippen molar-refractivity contribution in [2.24, 2.45) is 17.6 Å². The van der Waals surface area contributed by atoms with E-state index in [1.165, 1.54) is 12.8 Å². The molecule has 0 aromatic carbocycles. The molecule has 94 valence electrons. The van der Waals surface area contributed by atoms with Crippen molar-refractivity contribution in [3.63, 3.8) is 0 Å². The molecule has 1 aliphatic rings. The summed E-state index contributed by atoms with van der Waals surface area (Å²) in [6.07, 6.45) is 7.29. The van der Waals surface area contributed by atoms with Crippen LogP contribution < -0.4 is 10.5 Å². The van der Waals surface area contributed by atoms with Crippen molar-refractivity contribution in [3.05, 3.63) is 24.0 Å². The van der Waals surface area contributed by atoms with Gasteiger partial charge in [0.25, 0.3) is 0 Å². The maximum atomic E-state index is 6.28. The van der Waals surface area contributed by atoms with Gasteiger partial charge in [-0.3, -0.25) is 4.98 Å². The topological polar surface area (TPSA) is 48.1 Å². The van der Waals surface area contributed by atoms with Crippen molar-refractivity contribution in [1.29, 1.82) is 0 Å². The highest BCUT2D eigenvalue weighted by Crippen LogP contribution is 2.41. The van der Waals surface area contributed by atoms with Gasteiger partial charge in [0.05, 0.1) is 12.8 Å². The summed E-state index contributed by atoms with van der Waals surface area (Å²) in [5, 5.41) is 0. The molecule has 1 aromatic heterocycles. The third kappa shape index (κ3) is 3.19. The summed E-state index contributed by atoms with van der Waals surface area (Å²) >= 11 is 0. The van der Waals surface area contributed by atoms with E-state index in [2.05, 4.69) is 18.8 Å². The molecular weight excluding hydrogens is 212 g/mol. The average molecular weight is 234 g/mol. The maximum Gasteiger partial charge on any atom is 0.137 e. The Labute approximate surface area is 103 Å². The van der Waals surface area contributed by atoms with Crippen LogP contribution >= 0.6 is 0 Å². The Hall–Kier alpha value is -1.09. The molecule has 3 nitrogen and oxygen atoms in total. The van der Waals surface area contributed by atoms with Crippen LogP contribution in [0.25, 0.3) is 0 Å². The van der Waals surface area contributed by atoms with Crippen LogP contribution in [0, 0.1) is 11.8 Å². The molecule has 2 rings (SSSR count). The van der Waals surface area contributed by atoms with Gasteiger partial charge in [-0.05, 0) is 42.7 Å². The Morgan fingerprint density at radius 1 is 1.47 bits per heavy atom. The first kappa shape index (κ1) is 12.4. The standard InChI is InChI=1S/C14H22N2O/c1-3-6-17-13-7-12(8-16-9-13)14(15)10(2)11-4-5-11/h7-11,14H,3-6,15H2,1-2H3. The molecule has 0 aliphatic heterocycles. The Morgan fingerprint density at radius 2 is 2.24 bits per heavy atom. The summed E-state index contributed by atoms with van der Waals surface area (Å²) in [5.74, 6) is 2.19. The summed E-state index contributed by atoms with van der Waals surface area (Å²) in [4.78, 5) is 4.22. The van der Waals surface area contributed by atoms with Crippen molar-refractivity contribution in [2.45, 2.75) is 39.2 Å². The molecule has 0 bridgehead atoms. The van der Waals surface area contributed by atoms with Crippen LogP contribution in [0.3, 0.4) is 0 Å². The second-order valence-corrected chi connectivity index (χ2v) is 5.02. The third-order valence-electron chi connectivity index (χ3n) is 3.52. The van der Waals surface area contributed by atoms with E-state index in [0.717, 1.165) is 30.3 Å². The van der Waals surface area contributed by atoms with Crippen LogP contribution in [0.15, 0.2) is 18.5 Å². The number of pyridine rings is 1. The first-order chi connectivity index (χ1) is 8.22. The Morgan fingerprint density at radius 3 is 2.88 bits per heavy atom. The van der Waals surface area contributed by atoms with E-state index in [4.69, 9.17) is 10.5 Å². The van der Waals surface area contributed by atoms with Gasteiger partial charge in [-0.15, -0.1) is 0 Å². The predicted octanol–water partition coefficient (Wildman–Crippen LogP) is 2.92. The molecule has 0 spiro atoms. The van der Waals surface area contributed by atoms with Crippen molar-refractivity contribution >= 4 is 0 Å². The lowest BCUT2D eigenvalue weighted by molar-refractivity contribution is 0.314. The number of hydrogen-bond acceptors (Lipinski definition) is 3. The van der Waals surface area contributed by atoms with Crippen LogP contribution in [0.4, 0.5) is 0 Å². The summed E-state index contributed by atoms with van der Waals surface area (Å²) in [7, 11) is 0. The van der Waals surface area contributed by atoms with Gasteiger partial charge in [-0.1, -0.05) is 13.8 Å². The van der Waals surface area contributed by atoms with Gasteiger partial charge >= 0.3 is 0 Å². The van der Waals surface area contributed by atoms with Crippen molar-refractivity contribution in [1.82, 2.24) is 4.98 Å². The number of nitrogens with two attached hydrogens (primary N) is 1. The average Bonchev–Trinajstić information content (AvgIpc) is 3.19. The summed E-state index contributed by atoms with van der Waals surface area (Å²) in [5.41, 5.74) is 7.38. The Bertz CT molecular complexity index is 363. The zero-order valence-corrected chi connectivity index (χ0v) is 10.7. The molecule has 2 N–H and O–H groups in total. The van der Waals surface area contributed by atoms with Crippen LogP contribution in [-0.2, 0) is 0 Å². The molecule has 0 saturated heterocycles. The van der Waals surface area contributed by atoms with Crippen molar-refractivity contribution in [2.75, 3.05) is 6.61 Å². The lowest BCUT2D eigenvalue weighted by atomic mass is 9.92. The minimum Gasteiger partial charge on any atom is -0.492 e. The quantitative estimate of drug-likeness (QED) is 0.823. The minimum atomic E-state index is 0.0835. The number of rotatable bonds is 6. The molecule has 3 heteroatoms. The van der Waals surface area contributed by atoms with Gasteiger partial charge in [0.15, 0.2) is 0 Å². The van der Waals surface area contributed by atoms with E-state index in [1.807, 2.05) is 12.3 Å². The molecule has 2 atom stereocenters. The van der Waals surface area contributed by atoms with E-state index in [9.17, 15) is 0 Å². The largest absolute Gasteiger partial charge is 0.492 e. The fourth-order valence-electron chi connectivity index (χ4n) is 2.14. The zero-order chi connectivity index (χ0) is 12.3. The summed E-state index contributed by atoms with van der Waals surface area (Å²) in [6, 6.07) is 2.12. The maximum absolute atomic E-state index is 6.28. The highest BCUT2D eigenvalue weighted by atomic mass is 16.5. The predicted molar refractivity (Wildman–Crippen MR) is 68.8 cm³/mol. The van der Waals surface area contributed by atoms with E-state index >= 15 is 0 Å². The highest BCUT2D eigenvalue weighted by Gasteiger charge is 2.32. The van der Waals surface area contributed by atoms with Gasteiger partial charge in [0.2, 0.25) is 0 Å². The van der Waals surface area contributed by atoms with Crippen LogP contribution in [0.5, 0.6) is 5.75 Å². The smallest absolute Gasteiger partial charge is 0.137 e. The van der Waals surface area contributed by atoms with Crippen LogP contribution in [-0.4, -0.2) is 11.6 Å². The molecule has 0 radical (unpaired) electrons. The molecule has 0 amide bonds. The van der Waals surface area contributed by atoms with Gasteiger partial charge in [-0.2, -0.15) is 0 Å². The molecule has 1 saturated carbocycles. The lowest BCUT2D eigenvalue weighted by Crippen LogP contribution is -2.20. The zero-order valence-electron chi connectivity index (χ0n) is 10.7. The normalized spacial score (nSPS) is 18.8. The first-order valence-electron chi connectivity index (χ1n) is 6.55. The van der Waals surface area contributed by atoms with Gasteiger partial charge in [0.1, 0.15) is 5.75 Å². The summed E-state index contributed by atoms with van der Waals surface area (Å²) in [6.45, 7) is 5.07. The summed E-state index contributed by atoms with van der Waals surface area (Å²) < 4.78 is 5.58. The second-order valence-electron chi connectivity index (χ2n) is 5.02. The van der Waals surface area contributed by atoms with Crippen LogP contribution in [0.1, 0.15) is 44.7 Å². The number of nitrogens with zero attached hydrogens (tertiary/aromatic N) is 1. The molecule has 1 aliphatic carbocycles. The Balaban J connectivity index is 2.03. The number of hydrogen-bond donors (Lipinski definition) is 1. The fourth-order valence-corrected chi connectivity index (χ4v) is 2.14. The van der Waals surface area contributed by atoms with Crippen LogP contribution in [0.2, 0.25) is 0 Å². The molecule has 2 unspecified atom stereocenters. The molecule has 1 aromatic rings. The van der Waals surface area contributed by atoms with E-state index in [1.54, 1.807) is 6.20 Å². The monoisotopic (exact) mass is 234 g/mol. The van der Waals surface area contributed by atoms with Gasteiger partial charge in [0, 0.05) is 12.2 Å². The second kappa shape index (κ2) is 5.50. The van der Waals surface area contributed by atoms with Gasteiger partial charge < -0.3 is 10.5 Å². The lowest BCUT2D eigenvalue weighted by Gasteiger charge is -2.20. The Kier molecular flexibility index (Phi) is 4.00. The van der Waals surface area contributed by atoms with E-state index in [0.29, 0.717) is 5.92 Å². The molecule has 17 heavy (non-hydrogen) atoms. The molecule has 1 fully saturated rings. The highest BCUT2D eigenvalue weighted by molar-refractivity contribution is 5.26. The SMILES string of the molecule is CCCOc1cncc(C(N)C(C)C2CC2)c1. The third-order valence-corrected chi connectivity index (χ3v) is 3.52. The first-order valence-corrected chi connectivity index (χ1v) is 6.55. The number of ether oxygens (including phenoxy) is 1. The molecular formula is C14H22N2O. The van der Waals surface area contributed by atoms with Gasteiger partial charge in [-0.25, -0.2) is 0 Å².